The number of thiophene rings is 1. The Kier molecular flexibility index (Phi) is 6.89. The van der Waals surface area contributed by atoms with Gasteiger partial charge >= 0.3 is 5.97 Å². The van der Waals surface area contributed by atoms with Crippen molar-refractivity contribution in [1.29, 1.82) is 0 Å². The molecule has 2 aromatic heterocycles. The molecule has 8 nitrogen and oxygen atoms in total. The number of rotatable bonds is 8. The van der Waals surface area contributed by atoms with Gasteiger partial charge in [-0.2, -0.15) is 0 Å². The number of nitrogens with one attached hydrogen (secondary N) is 1. The van der Waals surface area contributed by atoms with Gasteiger partial charge in [0.05, 0.1) is 0 Å². The fourth-order valence-corrected chi connectivity index (χ4v) is 5.42. The summed E-state index contributed by atoms with van der Waals surface area (Å²) in [6.45, 7) is 5.07. The number of hydrogen-bond acceptors (Lipinski definition) is 5. The summed E-state index contributed by atoms with van der Waals surface area (Å²) in [5.74, 6) is -0.849. The molecule has 3 rings (SSSR count). The number of pyridine rings is 1. The van der Waals surface area contributed by atoms with Gasteiger partial charge in [-0.05, 0) is 50.9 Å². The van der Waals surface area contributed by atoms with Gasteiger partial charge in [-0.25, -0.2) is 4.21 Å². The highest BCUT2D eigenvalue weighted by Crippen LogP contribution is 2.35. The first kappa shape index (κ1) is 21.7. The Labute approximate surface area is 175 Å². The highest BCUT2D eigenvalue weighted by Gasteiger charge is 2.31. The summed E-state index contributed by atoms with van der Waals surface area (Å²) in [6, 6.07) is 4.99. The maximum absolute atomic E-state index is 12.0. The van der Waals surface area contributed by atoms with Crippen LogP contribution in [0.3, 0.4) is 0 Å². The molecular weight excluding hydrogens is 414 g/mol. The Balaban J connectivity index is 1.80. The maximum Gasteiger partial charge on any atom is 0.320 e. The number of carbonyl (C=O) groups is 1. The molecule has 0 saturated carbocycles. The molecule has 2 atom stereocenters. The van der Waals surface area contributed by atoms with Crippen molar-refractivity contribution in [2.24, 2.45) is 0 Å². The molecular formula is C19H25N3O5S2. The average molecular weight is 440 g/mol. The second-order valence-electron chi connectivity index (χ2n) is 7.02. The minimum absolute atomic E-state index is 0.0952. The van der Waals surface area contributed by atoms with Crippen LogP contribution in [-0.4, -0.2) is 55.4 Å². The SMILES string of the molecule is CCc1cc(-c2ccc(N(CCN3CCCC3C(=O)O)S(=O)O)s2)c(C)[nH]c1=O. The summed E-state index contributed by atoms with van der Waals surface area (Å²) < 4.78 is 23.1. The first-order valence-corrected chi connectivity index (χ1v) is 11.4. The summed E-state index contributed by atoms with van der Waals surface area (Å²) in [5.41, 5.74) is 2.24. The Morgan fingerprint density at radius 3 is 2.86 bits per heavy atom. The zero-order valence-corrected chi connectivity index (χ0v) is 18.0. The Morgan fingerprint density at radius 2 is 2.21 bits per heavy atom. The molecule has 0 spiro atoms. The van der Waals surface area contributed by atoms with Gasteiger partial charge in [-0.3, -0.25) is 23.3 Å². The van der Waals surface area contributed by atoms with Gasteiger partial charge in [-0.15, -0.1) is 11.3 Å². The number of nitrogens with zero attached hydrogens (tertiary/aromatic N) is 2. The molecule has 29 heavy (non-hydrogen) atoms. The van der Waals surface area contributed by atoms with Crippen LogP contribution in [0, 0.1) is 6.92 Å². The van der Waals surface area contributed by atoms with Crippen LogP contribution in [0.2, 0.25) is 0 Å². The highest BCUT2D eigenvalue weighted by atomic mass is 32.2. The average Bonchev–Trinajstić information content (AvgIpc) is 3.31. The minimum Gasteiger partial charge on any atom is -0.480 e. The van der Waals surface area contributed by atoms with E-state index in [0.29, 0.717) is 36.5 Å². The predicted molar refractivity (Wildman–Crippen MR) is 115 cm³/mol. The van der Waals surface area contributed by atoms with Gasteiger partial charge in [0.25, 0.3) is 16.8 Å². The predicted octanol–water partition coefficient (Wildman–Crippen LogP) is 2.47. The number of aromatic amines is 1. The van der Waals surface area contributed by atoms with Crippen molar-refractivity contribution >= 4 is 33.6 Å². The fraction of sp³-hybridized carbons (Fsp3) is 0.474. The standard InChI is InChI=1S/C19H25N3O5S2/c1-3-13-11-14(12(2)20-18(13)23)16-6-7-17(28-16)22(29(26)27)10-9-21-8-4-5-15(21)19(24)25/h6-7,11,15H,3-5,8-10H2,1-2H3,(H,20,23)(H,24,25)(H,26,27). The highest BCUT2D eigenvalue weighted by molar-refractivity contribution is 7.81. The molecule has 10 heteroatoms. The molecule has 3 heterocycles. The Bertz CT molecular complexity index is 971. The van der Waals surface area contributed by atoms with Crippen LogP contribution < -0.4 is 9.86 Å². The summed E-state index contributed by atoms with van der Waals surface area (Å²) in [4.78, 5) is 28.9. The van der Waals surface area contributed by atoms with Crippen LogP contribution in [0.5, 0.6) is 0 Å². The monoisotopic (exact) mass is 439 g/mol. The zero-order valence-electron chi connectivity index (χ0n) is 16.4. The number of carboxylic acid groups (broad SMARTS) is 1. The van der Waals surface area contributed by atoms with Crippen LogP contribution in [0.4, 0.5) is 5.00 Å². The summed E-state index contributed by atoms with van der Waals surface area (Å²) >= 11 is -0.855. The van der Waals surface area contributed by atoms with Gasteiger partial charge in [-0.1, -0.05) is 6.92 Å². The third-order valence-corrected chi connectivity index (χ3v) is 7.24. The van der Waals surface area contributed by atoms with Gasteiger partial charge < -0.3 is 10.1 Å². The smallest absolute Gasteiger partial charge is 0.320 e. The molecule has 1 saturated heterocycles. The lowest BCUT2D eigenvalue weighted by Gasteiger charge is -2.25. The normalized spacial score (nSPS) is 18.1. The van der Waals surface area contributed by atoms with Crippen LogP contribution in [0.1, 0.15) is 31.0 Å². The number of aliphatic carboxylic acids is 1. The fourth-order valence-electron chi connectivity index (χ4n) is 3.65. The van der Waals surface area contributed by atoms with Gasteiger partial charge in [0, 0.05) is 34.8 Å². The van der Waals surface area contributed by atoms with E-state index in [4.69, 9.17) is 0 Å². The molecule has 158 valence electrons. The van der Waals surface area contributed by atoms with Crippen molar-refractivity contribution in [3.63, 3.8) is 0 Å². The van der Waals surface area contributed by atoms with Gasteiger partial charge in [0.1, 0.15) is 11.0 Å². The van der Waals surface area contributed by atoms with Crippen molar-refractivity contribution in [2.45, 2.75) is 39.2 Å². The number of carboxylic acids is 1. The number of hydrogen-bond donors (Lipinski definition) is 3. The summed E-state index contributed by atoms with van der Waals surface area (Å²) in [5, 5.41) is 9.93. The lowest BCUT2D eigenvalue weighted by Crippen LogP contribution is -2.41. The van der Waals surface area contributed by atoms with Crippen LogP contribution in [-0.2, 0) is 22.5 Å². The van der Waals surface area contributed by atoms with Crippen molar-refractivity contribution in [3.8, 4) is 10.4 Å². The molecule has 0 radical (unpaired) electrons. The minimum atomic E-state index is -2.22. The van der Waals surface area contributed by atoms with E-state index in [0.717, 1.165) is 22.6 Å². The van der Waals surface area contributed by atoms with E-state index in [2.05, 4.69) is 4.98 Å². The van der Waals surface area contributed by atoms with E-state index >= 15 is 0 Å². The summed E-state index contributed by atoms with van der Waals surface area (Å²) in [6.07, 6.45) is 2.04. The number of H-pyrrole nitrogens is 1. The molecule has 0 aliphatic carbocycles. The molecule has 0 aromatic carbocycles. The first-order valence-electron chi connectivity index (χ1n) is 9.50. The molecule has 1 aliphatic heterocycles. The van der Waals surface area contributed by atoms with Gasteiger partial charge in [0.15, 0.2) is 0 Å². The molecule has 0 bridgehead atoms. The van der Waals surface area contributed by atoms with Crippen molar-refractivity contribution in [3.05, 3.63) is 39.8 Å². The van der Waals surface area contributed by atoms with E-state index in [9.17, 15) is 23.5 Å². The lowest BCUT2D eigenvalue weighted by molar-refractivity contribution is -0.142. The van der Waals surface area contributed by atoms with Crippen molar-refractivity contribution in [2.75, 3.05) is 23.9 Å². The lowest BCUT2D eigenvalue weighted by atomic mass is 10.1. The third kappa shape index (κ3) is 4.77. The van der Waals surface area contributed by atoms with E-state index in [1.165, 1.54) is 15.6 Å². The van der Waals surface area contributed by atoms with E-state index < -0.39 is 23.3 Å². The number of likely N-dealkylation sites (tertiary alicyclic amines) is 1. The quantitative estimate of drug-likeness (QED) is 0.545. The van der Waals surface area contributed by atoms with Gasteiger partial charge in [0.2, 0.25) is 0 Å². The topological polar surface area (TPSA) is 114 Å². The van der Waals surface area contributed by atoms with Crippen LogP contribution in [0.25, 0.3) is 10.4 Å². The van der Waals surface area contributed by atoms with Crippen molar-refractivity contribution < 1.29 is 18.7 Å². The third-order valence-electron chi connectivity index (χ3n) is 5.23. The molecule has 2 unspecified atom stereocenters. The Hall–Kier alpha value is -2.01. The van der Waals surface area contributed by atoms with Crippen molar-refractivity contribution in [1.82, 2.24) is 9.88 Å². The van der Waals surface area contributed by atoms with Crippen LogP contribution in [0.15, 0.2) is 23.0 Å². The first-order chi connectivity index (χ1) is 13.8. The van der Waals surface area contributed by atoms with E-state index in [1.54, 1.807) is 6.07 Å². The van der Waals surface area contributed by atoms with E-state index in [-0.39, 0.29) is 12.1 Å². The maximum atomic E-state index is 12.0. The van der Waals surface area contributed by atoms with Crippen LogP contribution >= 0.6 is 11.3 Å². The molecule has 3 N–H and O–H groups in total. The zero-order chi connectivity index (χ0) is 21.1. The second kappa shape index (κ2) is 9.21. The Morgan fingerprint density at radius 1 is 1.45 bits per heavy atom. The molecule has 1 aliphatic rings. The molecule has 2 aromatic rings. The molecule has 1 fully saturated rings. The summed E-state index contributed by atoms with van der Waals surface area (Å²) in [7, 11) is 0. The number of aryl methyl sites for hydroxylation is 2. The largest absolute Gasteiger partial charge is 0.480 e. The second-order valence-corrected chi connectivity index (χ2v) is 8.98. The van der Waals surface area contributed by atoms with E-state index in [1.807, 2.05) is 30.9 Å². The molecule has 0 amide bonds. The number of anilines is 1. The number of aromatic nitrogens is 1.